The van der Waals surface area contributed by atoms with Gasteiger partial charge in [-0.1, -0.05) is 19.9 Å². The molecule has 0 saturated heterocycles. The Bertz CT molecular complexity index is 439. The van der Waals surface area contributed by atoms with Gasteiger partial charge in [-0.05, 0) is 29.7 Å². The molecule has 0 atom stereocenters. The number of aromatic hydroxyl groups is 1. The van der Waals surface area contributed by atoms with Crippen LogP contribution in [0.2, 0.25) is 0 Å². The maximum atomic E-state index is 11.5. The van der Waals surface area contributed by atoms with Gasteiger partial charge >= 0.3 is 0 Å². The molecule has 1 rings (SSSR count). The lowest BCUT2D eigenvalue weighted by atomic mass is 10.2. The minimum Gasteiger partial charge on any atom is -0.504 e. The molecule has 0 spiro atoms. The second-order valence-electron chi connectivity index (χ2n) is 4.40. The number of benzene rings is 1. The number of nitrogens with one attached hydrogen (secondary N) is 1. The Kier molecular flexibility index (Phi) is 5.24. The van der Waals surface area contributed by atoms with Gasteiger partial charge in [0, 0.05) is 12.6 Å². The molecular formula is C14H19NO3. The van der Waals surface area contributed by atoms with E-state index >= 15 is 0 Å². The lowest BCUT2D eigenvalue weighted by Crippen LogP contribution is -2.25. The zero-order valence-electron chi connectivity index (χ0n) is 10.9. The molecule has 1 aromatic carbocycles. The van der Waals surface area contributed by atoms with Crippen LogP contribution in [-0.2, 0) is 4.79 Å². The average molecular weight is 249 g/mol. The standard InChI is InChI=1S/C14H19NO3/c1-10(2)9-15-14(17)7-5-11-4-6-12(16)13(8-11)18-3/h4-8,10,16H,9H2,1-3H3,(H,15,17)/b7-5+. The summed E-state index contributed by atoms with van der Waals surface area (Å²) >= 11 is 0. The number of amides is 1. The quantitative estimate of drug-likeness (QED) is 0.786. The number of hydrogen-bond acceptors (Lipinski definition) is 3. The Morgan fingerprint density at radius 1 is 1.50 bits per heavy atom. The second kappa shape index (κ2) is 6.69. The molecule has 2 N–H and O–H groups in total. The number of hydrogen-bond donors (Lipinski definition) is 2. The van der Waals surface area contributed by atoms with Crippen molar-refractivity contribution in [2.24, 2.45) is 5.92 Å². The summed E-state index contributed by atoms with van der Waals surface area (Å²) < 4.78 is 4.99. The van der Waals surface area contributed by atoms with Gasteiger partial charge in [0.2, 0.25) is 5.91 Å². The molecule has 4 nitrogen and oxygen atoms in total. The van der Waals surface area contributed by atoms with Crippen molar-refractivity contribution in [3.63, 3.8) is 0 Å². The summed E-state index contributed by atoms with van der Waals surface area (Å²) in [6, 6.07) is 4.91. The van der Waals surface area contributed by atoms with Gasteiger partial charge in [0.15, 0.2) is 11.5 Å². The van der Waals surface area contributed by atoms with E-state index in [9.17, 15) is 9.90 Å². The number of rotatable bonds is 5. The fraction of sp³-hybridized carbons (Fsp3) is 0.357. The van der Waals surface area contributed by atoms with Gasteiger partial charge in [0.05, 0.1) is 7.11 Å². The van der Waals surface area contributed by atoms with Crippen LogP contribution in [0.15, 0.2) is 24.3 Å². The van der Waals surface area contributed by atoms with E-state index in [2.05, 4.69) is 5.32 Å². The van der Waals surface area contributed by atoms with Gasteiger partial charge < -0.3 is 15.2 Å². The molecule has 98 valence electrons. The van der Waals surface area contributed by atoms with Crippen LogP contribution >= 0.6 is 0 Å². The Morgan fingerprint density at radius 2 is 2.22 bits per heavy atom. The van der Waals surface area contributed by atoms with E-state index in [4.69, 9.17) is 4.74 Å². The van der Waals surface area contributed by atoms with Crippen LogP contribution in [0, 0.1) is 5.92 Å². The average Bonchev–Trinajstić information content (AvgIpc) is 2.35. The zero-order chi connectivity index (χ0) is 13.5. The summed E-state index contributed by atoms with van der Waals surface area (Å²) in [7, 11) is 1.48. The van der Waals surface area contributed by atoms with E-state index in [-0.39, 0.29) is 11.7 Å². The van der Waals surface area contributed by atoms with Crippen molar-refractivity contribution in [2.75, 3.05) is 13.7 Å². The summed E-state index contributed by atoms with van der Waals surface area (Å²) in [6.07, 6.45) is 3.14. The predicted molar refractivity (Wildman–Crippen MR) is 71.5 cm³/mol. The van der Waals surface area contributed by atoms with Crippen molar-refractivity contribution >= 4 is 12.0 Å². The molecule has 0 aliphatic heterocycles. The van der Waals surface area contributed by atoms with Crippen molar-refractivity contribution in [1.29, 1.82) is 0 Å². The van der Waals surface area contributed by atoms with Gasteiger partial charge in [-0.25, -0.2) is 0 Å². The summed E-state index contributed by atoms with van der Waals surface area (Å²) in [4.78, 5) is 11.5. The normalized spacial score (nSPS) is 10.9. The van der Waals surface area contributed by atoms with E-state index in [0.29, 0.717) is 18.2 Å². The van der Waals surface area contributed by atoms with E-state index in [0.717, 1.165) is 5.56 Å². The number of ether oxygens (including phenoxy) is 1. The first-order valence-electron chi connectivity index (χ1n) is 5.86. The smallest absolute Gasteiger partial charge is 0.244 e. The van der Waals surface area contributed by atoms with E-state index < -0.39 is 0 Å². The number of phenolic OH excluding ortho intramolecular Hbond substituents is 1. The van der Waals surface area contributed by atoms with Crippen LogP contribution in [0.4, 0.5) is 0 Å². The molecule has 0 radical (unpaired) electrons. The third-order valence-corrected chi connectivity index (χ3v) is 2.32. The van der Waals surface area contributed by atoms with Crippen LogP contribution in [0.1, 0.15) is 19.4 Å². The summed E-state index contributed by atoms with van der Waals surface area (Å²) in [6.45, 7) is 4.73. The highest BCUT2D eigenvalue weighted by molar-refractivity contribution is 5.91. The van der Waals surface area contributed by atoms with Crippen molar-refractivity contribution in [3.8, 4) is 11.5 Å². The minimum absolute atomic E-state index is 0.0823. The highest BCUT2D eigenvalue weighted by atomic mass is 16.5. The molecule has 0 aliphatic carbocycles. The molecule has 1 aromatic rings. The van der Waals surface area contributed by atoms with Crippen molar-refractivity contribution < 1.29 is 14.6 Å². The minimum atomic E-state index is -0.129. The molecule has 0 heterocycles. The monoisotopic (exact) mass is 249 g/mol. The maximum Gasteiger partial charge on any atom is 0.244 e. The van der Waals surface area contributed by atoms with Gasteiger partial charge in [0.25, 0.3) is 0 Å². The molecule has 18 heavy (non-hydrogen) atoms. The van der Waals surface area contributed by atoms with Crippen LogP contribution in [0.5, 0.6) is 11.5 Å². The van der Waals surface area contributed by atoms with E-state index in [1.165, 1.54) is 19.3 Å². The first-order valence-corrected chi connectivity index (χ1v) is 5.86. The molecule has 0 bridgehead atoms. The molecule has 4 heteroatoms. The molecular weight excluding hydrogens is 230 g/mol. The van der Waals surface area contributed by atoms with E-state index in [1.54, 1.807) is 18.2 Å². The topological polar surface area (TPSA) is 58.6 Å². The molecule has 1 amide bonds. The van der Waals surface area contributed by atoms with Crippen molar-refractivity contribution in [2.45, 2.75) is 13.8 Å². The maximum absolute atomic E-state index is 11.5. The van der Waals surface area contributed by atoms with Crippen LogP contribution in [0.3, 0.4) is 0 Å². The Balaban J connectivity index is 2.64. The molecule has 0 unspecified atom stereocenters. The fourth-order valence-corrected chi connectivity index (χ4v) is 1.33. The third-order valence-electron chi connectivity index (χ3n) is 2.32. The Labute approximate surface area is 107 Å². The summed E-state index contributed by atoms with van der Waals surface area (Å²) in [5, 5.41) is 12.2. The number of methoxy groups -OCH3 is 1. The van der Waals surface area contributed by atoms with Gasteiger partial charge in [0.1, 0.15) is 0 Å². The number of phenols is 1. The molecule has 0 aromatic heterocycles. The van der Waals surface area contributed by atoms with Crippen LogP contribution in [-0.4, -0.2) is 24.7 Å². The van der Waals surface area contributed by atoms with Gasteiger partial charge in [-0.3, -0.25) is 4.79 Å². The van der Waals surface area contributed by atoms with E-state index in [1.807, 2.05) is 13.8 Å². The Hall–Kier alpha value is -1.97. The van der Waals surface area contributed by atoms with Gasteiger partial charge in [-0.2, -0.15) is 0 Å². The molecule has 0 aliphatic rings. The molecule has 0 fully saturated rings. The zero-order valence-corrected chi connectivity index (χ0v) is 10.9. The first-order chi connectivity index (χ1) is 8.52. The van der Waals surface area contributed by atoms with Crippen molar-refractivity contribution in [1.82, 2.24) is 5.32 Å². The summed E-state index contributed by atoms with van der Waals surface area (Å²) in [5.74, 6) is 0.769. The lowest BCUT2D eigenvalue weighted by molar-refractivity contribution is -0.116. The summed E-state index contributed by atoms with van der Waals surface area (Å²) in [5.41, 5.74) is 0.796. The largest absolute Gasteiger partial charge is 0.504 e. The molecule has 0 saturated carbocycles. The highest BCUT2D eigenvalue weighted by Crippen LogP contribution is 2.26. The fourth-order valence-electron chi connectivity index (χ4n) is 1.33. The van der Waals surface area contributed by atoms with Crippen LogP contribution < -0.4 is 10.1 Å². The second-order valence-corrected chi connectivity index (χ2v) is 4.40. The SMILES string of the molecule is COc1cc(/C=C/C(=O)NCC(C)C)ccc1O. The highest BCUT2D eigenvalue weighted by Gasteiger charge is 2.01. The van der Waals surface area contributed by atoms with Crippen molar-refractivity contribution in [3.05, 3.63) is 29.8 Å². The lowest BCUT2D eigenvalue weighted by Gasteiger charge is -2.05. The third kappa shape index (κ3) is 4.49. The van der Waals surface area contributed by atoms with Crippen LogP contribution in [0.25, 0.3) is 6.08 Å². The Morgan fingerprint density at radius 3 is 2.83 bits per heavy atom. The first kappa shape index (κ1) is 14.1. The number of carbonyl (C=O) groups is 1. The van der Waals surface area contributed by atoms with Gasteiger partial charge in [-0.15, -0.1) is 0 Å². The predicted octanol–water partition coefficient (Wildman–Crippen LogP) is 2.19. The number of carbonyl (C=O) groups excluding carboxylic acids is 1.